The van der Waals surface area contributed by atoms with Gasteiger partial charge in [-0.15, -0.1) is 0 Å². The van der Waals surface area contributed by atoms with Crippen LogP contribution >= 0.6 is 0 Å². The SMILES string of the molecule is CC(C)(C)OC(=O)NCCCCOc1noc2ccccc12. The number of unbranched alkanes of at least 4 members (excludes halogenated alkanes) is 1. The number of rotatable bonds is 6. The predicted molar refractivity (Wildman–Crippen MR) is 83.0 cm³/mol. The summed E-state index contributed by atoms with van der Waals surface area (Å²) < 4.78 is 15.9. The van der Waals surface area contributed by atoms with Crippen LogP contribution in [0.15, 0.2) is 28.8 Å². The average molecular weight is 306 g/mol. The summed E-state index contributed by atoms with van der Waals surface area (Å²) in [5.41, 5.74) is 0.241. The van der Waals surface area contributed by atoms with E-state index >= 15 is 0 Å². The van der Waals surface area contributed by atoms with Crippen molar-refractivity contribution in [3.8, 4) is 5.88 Å². The van der Waals surface area contributed by atoms with Gasteiger partial charge in [0.15, 0.2) is 5.58 Å². The molecule has 1 aromatic heterocycles. The second-order valence-electron chi connectivity index (χ2n) is 5.97. The van der Waals surface area contributed by atoms with Crippen molar-refractivity contribution in [2.24, 2.45) is 0 Å². The molecule has 1 amide bonds. The Hall–Kier alpha value is -2.24. The maximum atomic E-state index is 11.4. The monoisotopic (exact) mass is 306 g/mol. The van der Waals surface area contributed by atoms with Gasteiger partial charge in [-0.25, -0.2) is 4.79 Å². The van der Waals surface area contributed by atoms with Gasteiger partial charge < -0.3 is 19.3 Å². The molecule has 120 valence electrons. The van der Waals surface area contributed by atoms with Crippen LogP contribution in [0.4, 0.5) is 4.79 Å². The normalized spacial score (nSPS) is 11.4. The number of nitrogens with one attached hydrogen (secondary N) is 1. The number of para-hydroxylation sites is 1. The molecule has 0 aliphatic rings. The van der Waals surface area contributed by atoms with Crippen molar-refractivity contribution in [3.63, 3.8) is 0 Å². The molecular formula is C16H22N2O4. The standard InChI is InChI=1S/C16H22N2O4/c1-16(2,3)21-15(19)17-10-6-7-11-20-14-12-8-4-5-9-13(12)22-18-14/h4-5,8-9H,6-7,10-11H2,1-3H3,(H,17,19). The van der Waals surface area contributed by atoms with Crippen molar-refractivity contribution in [1.29, 1.82) is 0 Å². The zero-order valence-electron chi connectivity index (χ0n) is 13.2. The average Bonchev–Trinajstić information content (AvgIpc) is 2.84. The summed E-state index contributed by atoms with van der Waals surface area (Å²) in [4.78, 5) is 11.4. The first kappa shape index (κ1) is 16.1. The van der Waals surface area contributed by atoms with Crippen LogP contribution in [-0.2, 0) is 4.74 Å². The van der Waals surface area contributed by atoms with Crippen molar-refractivity contribution in [3.05, 3.63) is 24.3 Å². The lowest BCUT2D eigenvalue weighted by atomic mass is 10.2. The van der Waals surface area contributed by atoms with Gasteiger partial charge >= 0.3 is 6.09 Å². The molecule has 2 aromatic rings. The lowest BCUT2D eigenvalue weighted by Gasteiger charge is -2.19. The number of carbonyl (C=O) groups is 1. The van der Waals surface area contributed by atoms with Crippen LogP contribution in [0.25, 0.3) is 11.0 Å². The van der Waals surface area contributed by atoms with Crippen molar-refractivity contribution in [2.75, 3.05) is 13.2 Å². The molecule has 0 aliphatic carbocycles. The van der Waals surface area contributed by atoms with Gasteiger partial charge in [0.1, 0.15) is 5.60 Å². The second-order valence-corrected chi connectivity index (χ2v) is 5.97. The first-order valence-electron chi connectivity index (χ1n) is 7.40. The van der Waals surface area contributed by atoms with E-state index in [0.717, 1.165) is 18.2 Å². The highest BCUT2D eigenvalue weighted by molar-refractivity contribution is 5.81. The quantitative estimate of drug-likeness (QED) is 0.827. The van der Waals surface area contributed by atoms with Crippen molar-refractivity contribution < 1.29 is 18.8 Å². The first-order chi connectivity index (χ1) is 10.5. The lowest BCUT2D eigenvalue weighted by molar-refractivity contribution is 0.0526. The molecule has 1 N–H and O–H groups in total. The Kier molecular flexibility index (Phi) is 5.25. The topological polar surface area (TPSA) is 73.6 Å². The number of fused-ring (bicyclic) bond motifs is 1. The van der Waals surface area contributed by atoms with E-state index in [-0.39, 0.29) is 0 Å². The molecule has 0 saturated carbocycles. The maximum Gasteiger partial charge on any atom is 0.407 e. The highest BCUT2D eigenvalue weighted by Crippen LogP contribution is 2.24. The number of nitrogens with zero attached hydrogens (tertiary/aromatic N) is 1. The van der Waals surface area contributed by atoms with E-state index in [1.165, 1.54) is 0 Å². The van der Waals surface area contributed by atoms with Gasteiger partial charge in [-0.05, 0) is 50.9 Å². The molecule has 6 heteroatoms. The zero-order chi connectivity index (χ0) is 16.0. The van der Waals surface area contributed by atoms with E-state index < -0.39 is 11.7 Å². The third-order valence-corrected chi connectivity index (χ3v) is 2.82. The molecule has 6 nitrogen and oxygen atoms in total. The van der Waals surface area contributed by atoms with Gasteiger partial charge in [0.05, 0.1) is 12.0 Å². The minimum atomic E-state index is -0.471. The van der Waals surface area contributed by atoms with Gasteiger partial charge in [-0.3, -0.25) is 0 Å². The molecule has 0 fully saturated rings. The third-order valence-electron chi connectivity index (χ3n) is 2.82. The van der Waals surface area contributed by atoms with Crippen LogP contribution in [0.1, 0.15) is 33.6 Å². The molecule has 2 rings (SSSR count). The first-order valence-corrected chi connectivity index (χ1v) is 7.40. The molecule has 1 heterocycles. The maximum absolute atomic E-state index is 11.4. The minimum absolute atomic E-state index is 0.393. The molecular weight excluding hydrogens is 284 g/mol. The van der Waals surface area contributed by atoms with Crippen LogP contribution in [0.2, 0.25) is 0 Å². The van der Waals surface area contributed by atoms with Crippen molar-refractivity contribution >= 4 is 17.1 Å². The number of carbonyl (C=O) groups excluding carboxylic acids is 1. The number of hydrogen-bond donors (Lipinski definition) is 1. The summed E-state index contributed by atoms with van der Waals surface area (Å²) in [6.45, 7) is 6.58. The fourth-order valence-corrected chi connectivity index (χ4v) is 1.87. The van der Waals surface area contributed by atoms with Gasteiger partial charge in [0.25, 0.3) is 5.88 Å². The van der Waals surface area contributed by atoms with Crippen LogP contribution < -0.4 is 10.1 Å². The Morgan fingerprint density at radius 2 is 2.05 bits per heavy atom. The number of benzene rings is 1. The van der Waals surface area contributed by atoms with Gasteiger partial charge in [-0.2, -0.15) is 0 Å². The molecule has 0 spiro atoms. The Labute approximate surface area is 129 Å². The van der Waals surface area contributed by atoms with Crippen LogP contribution in [0.3, 0.4) is 0 Å². The predicted octanol–water partition coefficient (Wildman–Crippen LogP) is 3.51. The highest BCUT2D eigenvalue weighted by Gasteiger charge is 2.15. The Balaban J connectivity index is 1.63. The van der Waals surface area contributed by atoms with E-state index in [2.05, 4.69) is 10.5 Å². The van der Waals surface area contributed by atoms with E-state index in [0.29, 0.717) is 24.6 Å². The summed E-state index contributed by atoms with van der Waals surface area (Å²) in [6.07, 6.45) is 1.21. The van der Waals surface area contributed by atoms with Crippen molar-refractivity contribution in [1.82, 2.24) is 10.5 Å². The summed E-state index contributed by atoms with van der Waals surface area (Å²) in [7, 11) is 0. The summed E-state index contributed by atoms with van der Waals surface area (Å²) in [5.74, 6) is 0.510. The smallest absolute Gasteiger partial charge is 0.407 e. The van der Waals surface area contributed by atoms with E-state index in [1.807, 2.05) is 45.0 Å². The number of alkyl carbamates (subject to hydrolysis) is 1. The summed E-state index contributed by atoms with van der Waals surface area (Å²) >= 11 is 0. The highest BCUT2D eigenvalue weighted by atomic mass is 16.6. The van der Waals surface area contributed by atoms with Crippen LogP contribution in [0.5, 0.6) is 5.88 Å². The molecule has 0 unspecified atom stereocenters. The van der Waals surface area contributed by atoms with E-state index in [1.54, 1.807) is 0 Å². The van der Waals surface area contributed by atoms with Crippen LogP contribution in [0, 0.1) is 0 Å². The molecule has 0 saturated heterocycles. The number of amides is 1. The summed E-state index contributed by atoms with van der Waals surface area (Å²) in [6, 6.07) is 7.56. The lowest BCUT2D eigenvalue weighted by Crippen LogP contribution is -2.33. The molecule has 0 radical (unpaired) electrons. The van der Waals surface area contributed by atoms with E-state index in [4.69, 9.17) is 14.0 Å². The van der Waals surface area contributed by atoms with Crippen LogP contribution in [-0.4, -0.2) is 30.0 Å². The number of aromatic nitrogens is 1. The van der Waals surface area contributed by atoms with Gasteiger partial charge in [0.2, 0.25) is 0 Å². The minimum Gasteiger partial charge on any atom is -0.475 e. The van der Waals surface area contributed by atoms with Gasteiger partial charge in [-0.1, -0.05) is 12.1 Å². The number of ether oxygens (including phenoxy) is 2. The fraction of sp³-hybridized carbons (Fsp3) is 0.500. The largest absolute Gasteiger partial charge is 0.475 e. The molecule has 1 aromatic carbocycles. The fourth-order valence-electron chi connectivity index (χ4n) is 1.87. The summed E-state index contributed by atoms with van der Waals surface area (Å²) in [5, 5.41) is 7.48. The van der Waals surface area contributed by atoms with E-state index in [9.17, 15) is 4.79 Å². The molecule has 0 aliphatic heterocycles. The molecule has 22 heavy (non-hydrogen) atoms. The Morgan fingerprint density at radius 1 is 1.27 bits per heavy atom. The zero-order valence-corrected chi connectivity index (χ0v) is 13.2. The second kappa shape index (κ2) is 7.15. The Bertz CT molecular complexity index is 616. The Morgan fingerprint density at radius 3 is 2.82 bits per heavy atom. The molecule has 0 atom stereocenters. The third kappa shape index (κ3) is 4.95. The molecule has 0 bridgehead atoms. The van der Waals surface area contributed by atoms with Crippen molar-refractivity contribution in [2.45, 2.75) is 39.2 Å². The van der Waals surface area contributed by atoms with Gasteiger partial charge in [0, 0.05) is 6.54 Å². The number of hydrogen-bond acceptors (Lipinski definition) is 5.